The first-order valence-electron chi connectivity index (χ1n) is 7.13. The third-order valence-corrected chi connectivity index (χ3v) is 3.89. The Bertz CT molecular complexity index is 515. The van der Waals surface area contributed by atoms with Crippen molar-refractivity contribution in [2.75, 3.05) is 24.5 Å². The second-order valence-corrected chi connectivity index (χ2v) is 5.53. The minimum atomic E-state index is -0.343. The lowest BCUT2D eigenvalue weighted by molar-refractivity contribution is -0.123. The van der Waals surface area contributed by atoms with Gasteiger partial charge in [0.1, 0.15) is 17.7 Å². The van der Waals surface area contributed by atoms with Gasteiger partial charge >= 0.3 is 0 Å². The topological polar surface area (TPSA) is 41.6 Å². The number of carbonyl (C=O) groups excluding carboxylic acids is 1. The Hall–Kier alpha value is -1.62. The molecule has 2 atom stereocenters. The molecule has 0 aliphatic carbocycles. The number of hydrogen-bond acceptors (Lipinski definition) is 3. The van der Waals surface area contributed by atoms with Crippen molar-refractivity contribution in [2.45, 2.75) is 25.9 Å². The summed E-state index contributed by atoms with van der Waals surface area (Å²) in [7, 11) is 0. The van der Waals surface area contributed by atoms with Crippen LogP contribution >= 0.6 is 0 Å². The number of ether oxygens (including phenoxy) is 1. The van der Waals surface area contributed by atoms with Gasteiger partial charge in [0.15, 0.2) is 0 Å². The van der Waals surface area contributed by atoms with Crippen LogP contribution < -0.4 is 15.0 Å². The van der Waals surface area contributed by atoms with Gasteiger partial charge in [-0.1, -0.05) is 0 Å². The van der Waals surface area contributed by atoms with E-state index in [4.69, 9.17) is 4.74 Å². The van der Waals surface area contributed by atoms with Crippen molar-refractivity contribution in [1.29, 1.82) is 0 Å². The Kier molecular flexibility index (Phi) is 3.61. The summed E-state index contributed by atoms with van der Waals surface area (Å²) in [6, 6.07) is 4.35. The molecule has 0 saturated carbocycles. The van der Waals surface area contributed by atoms with Gasteiger partial charge in [0.2, 0.25) is 5.91 Å². The van der Waals surface area contributed by atoms with E-state index in [-0.39, 0.29) is 23.7 Å². The number of hydrogen-bond donors (Lipinski definition) is 1. The van der Waals surface area contributed by atoms with E-state index in [1.165, 1.54) is 12.1 Å². The molecule has 1 saturated heterocycles. The first-order valence-corrected chi connectivity index (χ1v) is 7.13. The van der Waals surface area contributed by atoms with Gasteiger partial charge in [-0.15, -0.1) is 0 Å². The van der Waals surface area contributed by atoms with Gasteiger partial charge in [0, 0.05) is 12.6 Å². The molecule has 1 aromatic carbocycles. The van der Waals surface area contributed by atoms with E-state index in [9.17, 15) is 9.18 Å². The standard InChI is InChI=1S/C15H19FN2O2/c1-10-9-18(15(19)11-3-2-6-17-8-11)13-5-4-12(16)7-14(13)20-10/h4-5,7,10-11,17H,2-3,6,8-9H2,1H3/t10-,11-/m0/s1. The molecule has 0 aromatic heterocycles. The zero-order valence-electron chi connectivity index (χ0n) is 11.6. The number of rotatable bonds is 1. The minimum absolute atomic E-state index is 0.00644. The van der Waals surface area contributed by atoms with Crippen molar-refractivity contribution in [3.63, 3.8) is 0 Å². The molecule has 20 heavy (non-hydrogen) atoms. The highest BCUT2D eigenvalue weighted by Gasteiger charge is 2.32. The smallest absolute Gasteiger partial charge is 0.231 e. The predicted molar refractivity (Wildman–Crippen MR) is 74.4 cm³/mol. The highest BCUT2D eigenvalue weighted by molar-refractivity contribution is 5.97. The molecular weight excluding hydrogens is 259 g/mol. The fraction of sp³-hybridized carbons (Fsp3) is 0.533. The van der Waals surface area contributed by atoms with E-state index in [1.54, 1.807) is 11.0 Å². The SMILES string of the molecule is C[C@H]1CN(C(=O)[C@H]2CCCNC2)c2ccc(F)cc2O1. The molecule has 1 amide bonds. The molecule has 3 rings (SSSR count). The van der Waals surface area contributed by atoms with Crippen molar-refractivity contribution in [3.05, 3.63) is 24.0 Å². The number of amides is 1. The molecule has 108 valence electrons. The zero-order chi connectivity index (χ0) is 14.1. The maximum Gasteiger partial charge on any atom is 0.231 e. The summed E-state index contributed by atoms with van der Waals surface area (Å²) in [5, 5.41) is 3.26. The van der Waals surface area contributed by atoms with Crippen LogP contribution in [0.3, 0.4) is 0 Å². The number of halogens is 1. The van der Waals surface area contributed by atoms with E-state index in [0.717, 1.165) is 25.9 Å². The molecule has 2 aliphatic rings. The second kappa shape index (κ2) is 5.40. The molecule has 5 heteroatoms. The molecule has 1 aromatic rings. The van der Waals surface area contributed by atoms with E-state index in [1.807, 2.05) is 6.92 Å². The van der Waals surface area contributed by atoms with Crippen molar-refractivity contribution in [3.8, 4) is 5.75 Å². The molecule has 0 bridgehead atoms. The minimum Gasteiger partial charge on any atom is -0.487 e. The van der Waals surface area contributed by atoms with E-state index in [2.05, 4.69) is 5.32 Å². The Morgan fingerprint density at radius 2 is 2.35 bits per heavy atom. The fourth-order valence-corrected chi connectivity index (χ4v) is 2.91. The summed E-state index contributed by atoms with van der Waals surface area (Å²) in [5.41, 5.74) is 0.681. The lowest BCUT2D eigenvalue weighted by atomic mass is 9.97. The largest absolute Gasteiger partial charge is 0.487 e. The van der Waals surface area contributed by atoms with Crippen LogP contribution in [0.25, 0.3) is 0 Å². The number of piperidine rings is 1. The normalized spacial score (nSPS) is 25.8. The predicted octanol–water partition coefficient (Wildman–Crippen LogP) is 1.94. The molecule has 0 unspecified atom stereocenters. The van der Waals surface area contributed by atoms with Crippen LogP contribution in [0.2, 0.25) is 0 Å². The first-order chi connectivity index (χ1) is 9.65. The van der Waals surface area contributed by atoms with E-state index >= 15 is 0 Å². The van der Waals surface area contributed by atoms with E-state index < -0.39 is 0 Å². The van der Waals surface area contributed by atoms with Crippen LogP contribution in [0.15, 0.2) is 18.2 Å². The molecule has 2 aliphatic heterocycles. The maximum atomic E-state index is 13.3. The molecule has 1 N–H and O–H groups in total. The Morgan fingerprint density at radius 3 is 3.10 bits per heavy atom. The third kappa shape index (κ3) is 2.50. The van der Waals surface area contributed by atoms with Gasteiger partial charge in [0.25, 0.3) is 0 Å². The quantitative estimate of drug-likeness (QED) is 0.853. The van der Waals surface area contributed by atoms with E-state index in [0.29, 0.717) is 18.0 Å². The maximum absolute atomic E-state index is 13.3. The van der Waals surface area contributed by atoms with Crippen LogP contribution in [0.5, 0.6) is 5.75 Å². The van der Waals surface area contributed by atoms with Gasteiger partial charge in [0.05, 0.1) is 18.2 Å². The van der Waals surface area contributed by atoms with Gasteiger partial charge < -0.3 is 15.0 Å². The third-order valence-electron chi connectivity index (χ3n) is 3.89. The number of anilines is 1. The molecular formula is C15H19FN2O2. The number of nitrogens with one attached hydrogen (secondary N) is 1. The highest BCUT2D eigenvalue weighted by atomic mass is 19.1. The average molecular weight is 278 g/mol. The van der Waals surface area contributed by atoms with Gasteiger partial charge in [-0.25, -0.2) is 4.39 Å². The molecule has 0 radical (unpaired) electrons. The number of carbonyl (C=O) groups is 1. The monoisotopic (exact) mass is 278 g/mol. The number of benzene rings is 1. The summed E-state index contributed by atoms with van der Waals surface area (Å²) in [5.74, 6) is 0.234. The number of nitrogens with zero attached hydrogens (tertiary/aromatic N) is 1. The van der Waals surface area contributed by atoms with Crippen LogP contribution in [0.4, 0.5) is 10.1 Å². The van der Waals surface area contributed by atoms with Gasteiger partial charge in [-0.3, -0.25) is 4.79 Å². The summed E-state index contributed by atoms with van der Waals surface area (Å²) in [6.45, 7) is 4.12. The lowest BCUT2D eigenvalue weighted by Crippen LogP contribution is -2.48. The second-order valence-electron chi connectivity index (χ2n) is 5.53. The molecule has 1 fully saturated rings. The number of fused-ring (bicyclic) bond motifs is 1. The summed E-state index contributed by atoms with van der Waals surface area (Å²) in [4.78, 5) is 14.4. The van der Waals surface area contributed by atoms with Gasteiger partial charge in [-0.2, -0.15) is 0 Å². The molecule has 2 heterocycles. The lowest BCUT2D eigenvalue weighted by Gasteiger charge is -2.36. The van der Waals surface area contributed by atoms with Crippen molar-refractivity contribution >= 4 is 11.6 Å². The van der Waals surface area contributed by atoms with Crippen molar-refractivity contribution in [1.82, 2.24) is 5.32 Å². The van der Waals surface area contributed by atoms with Crippen LogP contribution in [-0.4, -0.2) is 31.6 Å². The highest BCUT2D eigenvalue weighted by Crippen LogP contribution is 2.35. The van der Waals surface area contributed by atoms with Gasteiger partial charge in [-0.05, 0) is 38.4 Å². The van der Waals surface area contributed by atoms with Crippen LogP contribution in [-0.2, 0) is 4.79 Å². The summed E-state index contributed by atoms with van der Waals surface area (Å²) < 4.78 is 18.9. The van der Waals surface area contributed by atoms with Crippen molar-refractivity contribution in [2.24, 2.45) is 5.92 Å². The first kappa shape index (κ1) is 13.4. The van der Waals surface area contributed by atoms with Crippen molar-refractivity contribution < 1.29 is 13.9 Å². The molecule has 0 spiro atoms. The Labute approximate surface area is 117 Å². The summed E-state index contributed by atoms with van der Waals surface area (Å²) >= 11 is 0. The Balaban J connectivity index is 1.88. The van der Waals surface area contributed by atoms with Crippen LogP contribution in [0, 0.1) is 11.7 Å². The van der Waals surface area contributed by atoms with Crippen LogP contribution in [0.1, 0.15) is 19.8 Å². The average Bonchev–Trinajstić information content (AvgIpc) is 2.46. The zero-order valence-corrected chi connectivity index (χ0v) is 11.6. The molecule has 4 nitrogen and oxygen atoms in total. The Morgan fingerprint density at radius 1 is 1.50 bits per heavy atom. The summed E-state index contributed by atoms with van der Waals surface area (Å²) in [6.07, 6.45) is 1.81. The fourth-order valence-electron chi connectivity index (χ4n) is 2.91.